The van der Waals surface area contributed by atoms with E-state index >= 15 is 4.79 Å². The van der Waals surface area contributed by atoms with Crippen molar-refractivity contribution >= 4 is 76.6 Å². The van der Waals surface area contributed by atoms with Crippen LogP contribution in [0.2, 0.25) is 5.02 Å². The predicted molar refractivity (Wildman–Crippen MR) is 362 cm³/mol. The Morgan fingerprint density at radius 3 is 1.87 bits per heavy atom. The lowest BCUT2D eigenvalue weighted by atomic mass is 9.93. The quantitative estimate of drug-likeness (QED) is 0.255. The van der Waals surface area contributed by atoms with Gasteiger partial charge in [-0.3, -0.25) is 57.6 Å². The van der Waals surface area contributed by atoms with Gasteiger partial charge in [0.15, 0.2) is 0 Å². The van der Waals surface area contributed by atoms with E-state index in [1.807, 2.05) is 20.8 Å². The zero-order valence-electron chi connectivity index (χ0n) is 59.8. The molecule has 6 aliphatic rings. The Hall–Kier alpha value is -6.65. The number of amides is 11. The van der Waals surface area contributed by atoms with Crippen LogP contribution >= 0.6 is 11.6 Å². The lowest BCUT2D eigenvalue weighted by Crippen LogP contribution is -2.65. The van der Waals surface area contributed by atoms with Crippen molar-refractivity contribution < 1.29 is 75.8 Å². The summed E-state index contributed by atoms with van der Waals surface area (Å²) in [5.41, 5.74) is -0.725. The molecular formula is C70H108ClF3N12O13. The second-order valence-corrected chi connectivity index (χ2v) is 29.2. The molecule has 2 aliphatic carbocycles. The van der Waals surface area contributed by atoms with E-state index in [0.29, 0.717) is 50.5 Å². The van der Waals surface area contributed by atoms with Gasteiger partial charge in [-0.25, -0.2) is 0 Å². The minimum Gasteiger partial charge on any atom is -0.378 e. The number of aliphatic hydroxyl groups is 1. The van der Waals surface area contributed by atoms with Crippen molar-refractivity contribution in [3.63, 3.8) is 0 Å². The maximum absolute atomic E-state index is 15.3. The number of halogens is 4. The molecule has 11 amide bonds. The van der Waals surface area contributed by atoms with Gasteiger partial charge in [-0.15, -0.1) is 0 Å². The highest BCUT2D eigenvalue weighted by molar-refractivity contribution is 6.31. The summed E-state index contributed by atoms with van der Waals surface area (Å²) < 4.78 is 46.8. The molecule has 99 heavy (non-hydrogen) atoms. The van der Waals surface area contributed by atoms with Gasteiger partial charge in [0.05, 0.1) is 36.4 Å². The Kier molecular flexibility index (Phi) is 28.8. The number of hydrogen-bond donors (Lipinski definition) is 4. The summed E-state index contributed by atoms with van der Waals surface area (Å²) in [4.78, 5) is 174. The number of ether oxygens (including phenoxy) is 1. The van der Waals surface area contributed by atoms with E-state index in [1.54, 1.807) is 25.9 Å². The second kappa shape index (κ2) is 35.8. The van der Waals surface area contributed by atoms with Crippen molar-refractivity contribution in [2.24, 2.45) is 23.7 Å². The minimum absolute atomic E-state index is 0.0159. The highest BCUT2D eigenvalue weighted by Gasteiger charge is 2.49. The summed E-state index contributed by atoms with van der Waals surface area (Å²) in [6, 6.07) is -6.91. The molecule has 554 valence electrons. The van der Waals surface area contributed by atoms with E-state index in [2.05, 4.69) is 16.0 Å². The molecule has 1 aromatic carbocycles. The molecule has 0 radical (unpaired) electrons. The Morgan fingerprint density at radius 2 is 1.29 bits per heavy atom. The Bertz CT molecular complexity index is 3040. The standard InChI is InChI=1S/C70H108ClF3N12O13/c1-12-43(4)58-67(96)79(7)44(5)63(92)86-33-30-52(86)65(94)83(11)59(46-20-13-14-21-46)68(97)78(6)41-55(87)76-50(29-27-45-26-28-48(49(71)39-45)70(72,73)74)64(93)85-32-19-24-51(85)61(90)75-31-18-17-25-56(88)82(10)60(47-22-15-16-23-47)69(98)81(9)54(66(95)84-34-36-99-37-35-84)40-57(89)80(8)53(38-42(2)3)62(91)77-58/h26,28,39,42-44,46-47,50-54,57-60,89H,12-25,27,29-38,40-41H2,1-11H3,(H,75,90)(H,76,87)(H,77,91)/t43-,44-,50-,51-,52-,53-,54-,57?,58-,59-,60-/m0/s1. The van der Waals surface area contributed by atoms with Crippen molar-refractivity contribution in [2.75, 3.05) is 94.8 Å². The average Bonchev–Trinajstić information content (AvgIpc) is 1.42. The number of rotatable bonds is 10. The number of nitrogens with one attached hydrogen (secondary N) is 3. The molecule has 0 bridgehead atoms. The van der Waals surface area contributed by atoms with Crippen molar-refractivity contribution in [1.82, 2.24) is 60.0 Å². The summed E-state index contributed by atoms with van der Waals surface area (Å²) in [5.74, 6) is -7.28. The second-order valence-electron chi connectivity index (χ2n) is 28.8. The van der Waals surface area contributed by atoms with E-state index in [1.165, 1.54) is 75.5 Å². The zero-order valence-corrected chi connectivity index (χ0v) is 60.5. The van der Waals surface area contributed by atoms with Crippen molar-refractivity contribution in [3.05, 3.63) is 34.3 Å². The van der Waals surface area contributed by atoms with E-state index in [-0.39, 0.29) is 121 Å². The molecular weight excluding hydrogens is 1310 g/mol. The summed E-state index contributed by atoms with van der Waals surface area (Å²) in [6.45, 7) is 9.69. The normalized spacial score (nSPS) is 28.9. The number of morpholine rings is 1. The molecule has 25 nitrogen and oxygen atoms in total. The van der Waals surface area contributed by atoms with Crippen molar-refractivity contribution in [1.29, 1.82) is 0 Å². The molecule has 4 heterocycles. The number of alkyl halides is 3. The number of hydrogen-bond acceptors (Lipinski definition) is 14. The van der Waals surface area contributed by atoms with E-state index in [0.717, 1.165) is 42.7 Å². The SMILES string of the molecule is CC[C@H](C)[C@@H]1NC(=O)[C@H](CC(C)C)N(C)C(O)C[C@@H](C(=O)N2CCOCC2)N(C)C(=O)[C@H](C2CCCC2)N(C)C(=O)CCCCNC(=O)[C@@H]2CCCN2C(=O)[C@H](CCc2ccc(C(F)(F)F)c(Cl)c2)NC(=O)CN(C)C(=O)[C@H](C2CCCC2)N(C)C(=O)[C@@H]2CCN2C(=O)[C@H](C)N(C)C1=O. The van der Waals surface area contributed by atoms with Crippen LogP contribution in [-0.2, 0) is 70.1 Å². The van der Waals surface area contributed by atoms with Gasteiger partial charge < -0.3 is 65.0 Å². The molecule has 11 atom stereocenters. The predicted octanol–water partition coefficient (Wildman–Crippen LogP) is 4.28. The first-order chi connectivity index (χ1) is 46.8. The van der Waals surface area contributed by atoms with Crippen LogP contribution in [0.25, 0.3) is 0 Å². The first-order valence-electron chi connectivity index (χ1n) is 35.7. The highest BCUT2D eigenvalue weighted by Crippen LogP contribution is 2.37. The number of carbonyl (C=O) groups is 11. The van der Waals surface area contributed by atoms with Gasteiger partial charge >= 0.3 is 6.18 Å². The van der Waals surface area contributed by atoms with Crippen LogP contribution in [0.1, 0.15) is 161 Å². The van der Waals surface area contributed by atoms with Gasteiger partial charge in [0, 0.05) is 80.8 Å². The van der Waals surface area contributed by atoms with Crippen molar-refractivity contribution in [3.8, 4) is 0 Å². The third-order valence-corrected chi connectivity index (χ3v) is 22.0. The molecule has 7 rings (SSSR count). The smallest absolute Gasteiger partial charge is 0.378 e. The third-order valence-electron chi connectivity index (χ3n) is 21.6. The number of benzene rings is 1. The molecule has 1 unspecified atom stereocenters. The Labute approximate surface area is 586 Å². The van der Waals surface area contributed by atoms with Crippen LogP contribution in [0, 0.1) is 23.7 Å². The van der Waals surface area contributed by atoms with Crippen molar-refractivity contribution in [2.45, 2.75) is 223 Å². The molecule has 0 spiro atoms. The van der Waals surface area contributed by atoms with Gasteiger partial charge in [0.1, 0.15) is 54.6 Å². The van der Waals surface area contributed by atoms with E-state index in [4.69, 9.17) is 16.3 Å². The number of likely N-dealkylation sites (N-methyl/N-ethyl adjacent to an activating group) is 6. The monoisotopic (exact) mass is 1420 g/mol. The van der Waals surface area contributed by atoms with Crippen LogP contribution in [0.5, 0.6) is 0 Å². The van der Waals surface area contributed by atoms with E-state index < -0.39 is 149 Å². The lowest BCUT2D eigenvalue weighted by molar-refractivity contribution is -0.161. The molecule has 2 saturated carbocycles. The number of aliphatic hydroxyl groups excluding tert-OH is 1. The van der Waals surface area contributed by atoms with Gasteiger partial charge in [-0.2, -0.15) is 13.2 Å². The van der Waals surface area contributed by atoms with Crippen LogP contribution in [0.4, 0.5) is 13.2 Å². The number of fused-ring (bicyclic) bond motifs is 2. The summed E-state index contributed by atoms with van der Waals surface area (Å²) in [7, 11) is 8.92. The van der Waals surface area contributed by atoms with Gasteiger partial charge in [0.2, 0.25) is 65.0 Å². The molecule has 4 N–H and O–H groups in total. The number of nitrogens with zero attached hydrogens (tertiary/aromatic N) is 9. The molecule has 4 aliphatic heterocycles. The van der Waals surface area contributed by atoms with Crippen LogP contribution in [0.3, 0.4) is 0 Å². The lowest BCUT2D eigenvalue weighted by Gasteiger charge is -2.45. The van der Waals surface area contributed by atoms with E-state index in [9.17, 15) is 66.2 Å². The average molecular weight is 1420 g/mol. The molecule has 6 fully saturated rings. The minimum atomic E-state index is -4.73. The van der Waals surface area contributed by atoms with Gasteiger partial charge in [0.25, 0.3) is 0 Å². The van der Waals surface area contributed by atoms with Crippen LogP contribution < -0.4 is 16.0 Å². The summed E-state index contributed by atoms with van der Waals surface area (Å²) in [5, 5.41) is 20.4. The van der Waals surface area contributed by atoms with Gasteiger partial charge in [-0.05, 0) is 132 Å². The summed E-state index contributed by atoms with van der Waals surface area (Å²) in [6.07, 6.45) is 0.945. The Balaban J connectivity index is 1.20. The molecule has 29 heteroatoms. The fourth-order valence-corrected chi connectivity index (χ4v) is 15.3. The topological polar surface area (TPSA) is 282 Å². The maximum Gasteiger partial charge on any atom is 0.417 e. The number of carbonyl (C=O) groups excluding carboxylic acids is 11. The first kappa shape index (κ1) is 79.7. The van der Waals surface area contributed by atoms with Gasteiger partial charge in [-0.1, -0.05) is 77.5 Å². The van der Waals surface area contributed by atoms with Crippen LogP contribution in [-0.4, -0.2) is 270 Å². The fraction of sp³-hybridized carbons (Fsp3) is 0.757. The maximum atomic E-state index is 15.3. The van der Waals surface area contributed by atoms with Crippen LogP contribution in [0.15, 0.2) is 18.2 Å². The molecule has 4 saturated heterocycles. The Morgan fingerprint density at radius 1 is 0.677 bits per heavy atom. The molecule has 0 aromatic heterocycles. The summed E-state index contributed by atoms with van der Waals surface area (Å²) >= 11 is 6.11. The zero-order chi connectivity index (χ0) is 72.9. The number of aryl methyl sites for hydroxylation is 1. The first-order valence-corrected chi connectivity index (χ1v) is 36.1. The third kappa shape index (κ3) is 19.7. The largest absolute Gasteiger partial charge is 0.417 e. The fourth-order valence-electron chi connectivity index (χ4n) is 15.0. The highest BCUT2D eigenvalue weighted by atomic mass is 35.5. The molecule has 1 aromatic rings.